The molecule has 7 heteroatoms. The van der Waals surface area contributed by atoms with Crippen LogP contribution in [0.1, 0.15) is 22.5 Å². The zero-order valence-corrected chi connectivity index (χ0v) is 14.4. The number of anilines is 2. The first kappa shape index (κ1) is 16.8. The average molecular weight is 362 g/mol. The van der Waals surface area contributed by atoms with Gasteiger partial charge in [-0.2, -0.15) is 0 Å². The minimum absolute atomic E-state index is 0.0926. The fourth-order valence-corrected chi connectivity index (χ4v) is 3.46. The Hall–Kier alpha value is -3.61. The number of nitrogens with zero attached hydrogens (tertiary/aromatic N) is 1. The maximum Gasteiger partial charge on any atom is 0.404 e. The topological polar surface area (TPSA) is 107 Å². The maximum atomic E-state index is 12.8. The van der Waals surface area contributed by atoms with Gasteiger partial charge in [0.1, 0.15) is 0 Å². The highest BCUT2D eigenvalue weighted by atomic mass is 16.4. The van der Waals surface area contributed by atoms with E-state index in [1.54, 1.807) is 12.4 Å². The highest BCUT2D eigenvalue weighted by Crippen LogP contribution is 2.38. The summed E-state index contributed by atoms with van der Waals surface area (Å²) in [5, 5.41) is 14.8. The number of benzene rings is 1. The lowest BCUT2D eigenvalue weighted by molar-refractivity contribution is 0.0959. The molecule has 1 aliphatic carbocycles. The van der Waals surface area contributed by atoms with Crippen molar-refractivity contribution in [2.24, 2.45) is 0 Å². The maximum absolute atomic E-state index is 12.8. The molecule has 1 atom stereocenters. The molecule has 0 bridgehead atoms. The van der Waals surface area contributed by atoms with Crippen molar-refractivity contribution >= 4 is 23.3 Å². The lowest BCUT2D eigenvalue weighted by Crippen LogP contribution is -2.39. The highest BCUT2D eigenvalue weighted by Gasteiger charge is 2.32. The fourth-order valence-electron chi connectivity index (χ4n) is 3.46. The van der Waals surface area contributed by atoms with Crippen molar-refractivity contribution in [1.29, 1.82) is 0 Å². The molecular weight excluding hydrogens is 344 g/mol. The summed E-state index contributed by atoms with van der Waals surface area (Å²) in [6, 6.07) is 12.9. The van der Waals surface area contributed by atoms with Crippen molar-refractivity contribution in [3.05, 3.63) is 66.1 Å². The molecule has 1 aliphatic rings. The van der Waals surface area contributed by atoms with E-state index in [9.17, 15) is 9.59 Å². The number of hydrogen-bond donors (Lipinski definition) is 4. The lowest BCUT2D eigenvalue weighted by atomic mass is 9.91. The molecule has 0 spiro atoms. The number of carbonyl (C=O) groups excluding carboxylic acids is 1. The fraction of sp³-hybridized carbons (Fsp3) is 0.150. The van der Waals surface area contributed by atoms with E-state index in [-0.39, 0.29) is 12.2 Å². The first-order chi connectivity index (χ1) is 13.1. The van der Waals surface area contributed by atoms with E-state index >= 15 is 0 Å². The first-order valence-electron chi connectivity index (χ1n) is 8.62. The van der Waals surface area contributed by atoms with Crippen molar-refractivity contribution in [3.63, 3.8) is 0 Å². The predicted molar refractivity (Wildman–Crippen MR) is 101 cm³/mol. The van der Waals surface area contributed by atoms with Crippen LogP contribution in [0.4, 0.5) is 16.2 Å². The van der Waals surface area contributed by atoms with Crippen LogP contribution in [-0.4, -0.2) is 33.0 Å². The number of ketones is 1. The summed E-state index contributed by atoms with van der Waals surface area (Å²) < 4.78 is 0. The number of H-pyrrole nitrogens is 1. The van der Waals surface area contributed by atoms with Gasteiger partial charge in [0.2, 0.25) is 0 Å². The van der Waals surface area contributed by atoms with Gasteiger partial charge in [0, 0.05) is 48.2 Å². The van der Waals surface area contributed by atoms with Crippen LogP contribution in [0, 0.1) is 0 Å². The Labute approximate surface area is 155 Å². The van der Waals surface area contributed by atoms with Crippen LogP contribution in [0.15, 0.2) is 54.9 Å². The second kappa shape index (κ2) is 6.95. The monoisotopic (exact) mass is 362 g/mol. The zero-order chi connectivity index (χ0) is 18.8. The third-order valence-corrected chi connectivity index (χ3v) is 4.58. The number of rotatable bonds is 4. The van der Waals surface area contributed by atoms with E-state index < -0.39 is 12.1 Å². The number of pyridine rings is 1. The zero-order valence-electron chi connectivity index (χ0n) is 14.4. The van der Waals surface area contributed by atoms with Crippen molar-refractivity contribution in [1.82, 2.24) is 15.3 Å². The van der Waals surface area contributed by atoms with Gasteiger partial charge in [-0.25, -0.2) is 4.79 Å². The number of fused-ring (bicyclic) bond motifs is 1. The van der Waals surface area contributed by atoms with E-state index in [1.165, 1.54) is 0 Å². The summed E-state index contributed by atoms with van der Waals surface area (Å²) in [6.07, 6.45) is 2.83. The Morgan fingerprint density at radius 2 is 1.85 bits per heavy atom. The molecule has 2 aromatic heterocycles. The van der Waals surface area contributed by atoms with Crippen LogP contribution in [0.3, 0.4) is 0 Å². The normalized spacial score (nSPS) is 15.9. The molecule has 0 saturated carbocycles. The number of aromatic nitrogens is 2. The van der Waals surface area contributed by atoms with E-state index in [1.807, 2.05) is 42.5 Å². The Morgan fingerprint density at radius 1 is 1.11 bits per heavy atom. The number of Topliss-reactive ketones (excluding diaryl/α,β-unsaturated/α-hetero) is 1. The third-order valence-electron chi connectivity index (χ3n) is 4.58. The van der Waals surface area contributed by atoms with Crippen LogP contribution in [-0.2, 0) is 6.42 Å². The van der Waals surface area contributed by atoms with Crippen molar-refractivity contribution in [2.45, 2.75) is 18.9 Å². The van der Waals surface area contributed by atoms with E-state index in [0.29, 0.717) is 17.7 Å². The lowest BCUT2D eigenvalue weighted by Gasteiger charge is -2.21. The van der Waals surface area contributed by atoms with Gasteiger partial charge in [-0.05, 0) is 24.3 Å². The molecule has 7 nitrogen and oxygen atoms in total. The summed E-state index contributed by atoms with van der Waals surface area (Å²) in [4.78, 5) is 31.2. The van der Waals surface area contributed by atoms with Gasteiger partial charge in [-0.1, -0.05) is 18.2 Å². The summed E-state index contributed by atoms with van der Waals surface area (Å²) in [6.45, 7) is 0. The van der Waals surface area contributed by atoms with Crippen molar-refractivity contribution in [3.8, 4) is 11.3 Å². The summed E-state index contributed by atoms with van der Waals surface area (Å²) in [5.41, 5.74) is 4.59. The van der Waals surface area contributed by atoms with E-state index in [4.69, 9.17) is 5.11 Å². The number of carboxylic acid groups (broad SMARTS) is 1. The van der Waals surface area contributed by atoms with Gasteiger partial charge in [0.05, 0.1) is 16.9 Å². The van der Waals surface area contributed by atoms with Crippen LogP contribution >= 0.6 is 0 Å². The molecule has 27 heavy (non-hydrogen) atoms. The van der Waals surface area contributed by atoms with Gasteiger partial charge in [0.25, 0.3) is 0 Å². The molecule has 136 valence electrons. The molecule has 4 N–H and O–H groups in total. The third kappa shape index (κ3) is 3.39. The first-order valence-corrected chi connectivity index (χ1v) is 8.62. The molecule has 3 aromatic rings. The molecule has 0 saturated heterocycles. The number of para-hydroxylation sites is 1. The molecule has 0 radical (unpaired) electrons. The smallest absolute Gasteiger partial charge is 0.404 e. The standard InChI is InChI=1S/C20H18N4O3/c25-16-11-14(23-20(26)27)10-15-17(16)19(22-13-4-2-1-3-5-13)18(24-15)12-6-8-21-9-7-12/h1-9,14,22-24H,10-11H2,(H,26,27). The van der Waals surface area contributed by atoms with Crippen LogP contribution in [0.25, 0.3) is 11.3 Å². The Morgan fingerprint density at radius 3 is 2.56 bits per heavy atom. The Balaban J connectivity index is 1.80. The molecule has 1 amide bonds. The largest absolute Gasteiger partial charge is 0.465 e. The van der Waals surface area contributed by atoms with E-state index in [0.717, 1.165) is 22.6 Å². The quantitative estimate of drug-likeness (QED) is 0.567. The molecule has 2 heterocycles. The Kier molecular flexibility index (Phi) is 4.33. The molecule has 0 aliphatic heterocycles. The van der Waals surface area contributed by atoms with Crippen LogP contribution < -0.4 is 10.6 Å². The number of amides is 1. The number of aromatic amines is 1. The molecule has 4 rings (SSSR count). The number of hydrogen-bond acceptors (Lipinski definition) is 4. The summed E-state index contributed by atoms with van der Waals surface area (Å²) in [5.74, 6) is -0.0926. The van der Waals surface area contributed by atoms with Crippen molar-refractivity contribution in [2.75, 3.05) is 5.32 Å². The molecule has 0 fully saturated rings. The summed E-state index contributed by atoms with van der Waals surface area (Å²) >= 11 is 0. The number of nitrogens with one attached hydrogen (secondary N) is 3. The minimum Gasteiger partial charge on any atom is -0.465 e. The van der Waals surface area contributed by atoms with Gasteiger partial charge in [-0.3, -0.25) is 9.78 Å². The highest BCUT2D eigenvalue weighted by molar-refractivity contribution is 6.07. The SMILES string of the molecule is O=C(O)NC1CC(=O)c2c([nH]c(-c3ccncc3)c2Nc2ccccc2)C1. The molecular formula is C20H18N4O3. The van der Waals surface area contributed by atoms with Gasteiger partial charge in [-0.15, -0.1) is 0 Å². The van der Waals surface area contributed by atoms with Gasteiger partial charge >= 0.3 is 6.09 Å². The Bertz CT molecular complexity index is 983. The summed E-state index contributed by atoms with van der Waals surface area (Å²) in [7, 11) is 0. The molecule has 1 unspecified atom stereocenters. The second-order valence-corrected chi connectivity index (χ2v) is 6.43. The van der Waals surface area contributed by atoms with Gasteiger partial charge < -0.3 is 20.7 Å². The van der Waals surface area contributed by atoms with Crippen LogP contribution in [0.2, 0.25) is 0 Å². The predicted octanol–water partition coefficient (Wildman–Crippen LogP) is 3.59. The minimum atomic E-state index is -1.13. The van der Waals surface area contributed by atoms with Crippen molar-refractivity contribution < 1.29 is 14.7 Å². The average Bonchev–Trinajstić information content (AvgIpc) is 3.01. The molecule has 1 aromatic carbocycles. The second-order valence-electron chi connectivity index (χ2n) is 6.43. The van der Waals surface area contributed by atoms with Crippen LogP contribution in [0.5, 0.6) is 0 Å². The number of carbonyl (C=O) groups is 2. The van der Waals surface area contributed by atoms with E-state index in [2.05, 4.69) is 20.6 Å². The van der Waals surface area contributed by atoms with Gasteiger partial charge in [0.15, 0.2) is 5.78 Å².